The summed E-state index contributed by atoms with van der Waals surface area (Å²) in [6.07, 6.45) is 1.81. The smallest absolute Gasteiger partial charge is 0.302 e. The summed E-state index contributed by atoms with van der Waals surface area (Å²) in [6, 6.07) is 0. The van der Waals surface area contributed by atoms with E-state index >= 15 is 0 Å². The monoisotopic (exact) mass is 232 g/mol. The molecule has 1 atom stereocenters. The molecule has 1 nitrogen and oxygen atoms in total. The van der Waals surface area contributed by atoms with Crippen LogP contribution in [0.15, 0.2) is 11.6 Å². The zero-order chi connectivity index (χ0) is 11.8. The van der Waals surface area contributed by atoms with Gasteiger partial charge in [0.05, 0.1) is 5.92 Å². The van der Waals surface area contributed by atoms with Crippen molar-refractivity contribution in [3.63, 3.8) is 0 Å². The number of rotatable bonds is 2. The summed E-state index contributed by atoms with van der Waals surface area (Å²) < 4.78 is 37.8. The number of halogens is 3. The summed E-state index contributed by atoms with van der Waals surface area (Å²) in [5.74, 6) is -1.34. The van der Waals surface area contributed by atoms with E-state index in [4.69, 9.17) is 0 Å². The molecule has 0 N–H and O–H groups in total. The average Bonchev–Trinajstić information content (AvgIpc) is 2.16. The van der Waals surface area contributed by atoms with Crippen LogP contribution in [-0.4, -0.2) is 12.5 Å². The highest BCUT2D eigenvalue weighted by Gasteiger charge is 2.45. The molecule has 1 unspecified atom stereocenters. The average molecular weight is 232 g/mol. The first kappa shape index (κ1) is 11.7. The van der Waals surface area contributed by atoms with E-state index < -0.39 is 17.5 Å². The summed E-state index contributed by atoms with van der Waals surface area (Å²) >= 11 is 0. The molecule has 0 spiro atoms. The normalized spacial score (nSPS) is 29.2. The molecule has 90 valence electrons. The third-order valence-electron chi connectivity index (χ3n) is 3.89. The Morgan fingerprint density at radius 1 is 1.31 bits per heavy atom. The molecule has 0 aromatic rings. The molecule has 0 aromatic carbocycles. The van der Waals surface area contributed by atoms with Gasteiger partial charge in [0, 0.05) is 5.41 Å². The molecule has 2 aliphatic rings. The first-order valence-electron chi connectivity index (χ1n) is 5.72. The third kappa shape index (κ3) is 1.89. The summed E-state index contributed by atoms with van der Waals surface area (Å²) in [4.78, 5) is 11.0. The van der Waals surface area contributed by atoms with Crippen molar-refractivity contribution in [2.24, 2.45) is 11.3 Å². The molecule has 0 bridgehead atoms. The van der Waals surface area contributed by atoms with Crippen molar-refractivity contribution in [3.05, 3.63) is 11.6 Å². The molecule has 16 heavy (non-hydrogen) atoms. The molecule has 2 rings (SSSR count). The van der Waals surface area contributed by atoms with Gasteiger partial charge >= 0.3 is 6.18 Å². The molecule has 0 amide bonds. The summed E-state index contributed by atoms with van der Waals surface area (Å²) in [5.41, 5.74) is 0.200. The molecule has 1 saturated carbocycles. The maximum absolute atomic E-state index is 12.6. The Kier molecular flexibility index (Phi) is 2.84. The lowest BCUT2D eigenvalue weighted by atomic mass is 9.62. The number of aldehydes is 1. The lowest BCUT2D eigenvalue weighted by Gasteiger charge is -2.41. The first-order valence-corrected chi connectivity index (χ1v) is 5.72. The van der Waals surface area contributed by atoms with E-state index in [0.29, 0.717) is 12.8 Å². The van der Waals surface area contributed by atoms with Crippen LogP contribution < -0.4 is 0 Å². The van der Waals surface area contributed by atoms with Crippen LogP contribution in [-0.2, 0) is 4.79 Å². The Labute approximate surface area is 92.7 Å². The van der Waals surface area contributed by atoms with E-state index in [0.717, 1.165) is 31.1 Å². The fourth-order valence-corrected chi connectivity index (χ4v) is 2.67. The summed E-state index contributed by atoms with van der Waals surface area (Å²) in [6.45, 7) is 0. The molecule has 4 heteroatoms. The van der Waals surface area contributed by atoms with Crippen LogP contribution in [0.4, 0.5) is 13.2 Å². The second-order valence-electron chi connectivity index (χ2n) is 4.86. The highest BCUT2D eigenvalue weighted by Crippen LogP contribution is 2.50. The molecule has 1 fully saturated rings. The Hall–Kier alpha value is -0.800. The van der Waals surface area contributed by atoms with Crippen LogP contribution >= 0.6 is 0 Å². The van der Waals surface area contributed by atoms with Gasteiger partial charge in [-0.15, -0.1) is 0 Å². The molecule has 0 aliphatic heterocycles. The van der Waals surface area contributed by atoms with Gasteiger partial charge in [-0.3, -0.25) is 0 Å². The molecule has 0 aromatic heterocycles. The number of carbonyl (C=O) groups is 1. The fourth-order valence-electron chi connectivity index (χ4n) is 2.67. The second-order valence-corrected chi connectivity index (χ2v) is 4.86. The molecule has 0 heterocycles. The third-order valence-corrected chi connectivity index (χ3v) is 3.89. The lowest BCUT2D eigenvalue weighted by Crippen LogP contribution is -2.36. The fraction of sp³-hybridized carbons (Fsp3) is 0.750. The van der Waals surface area contributed by atoms with Crippen LogP contribution in [0, 0.1) is 11.3 Å². The van der Waals surface area contributed by atoms with Gasteiger partial charge in [-0.25, -0.2) is 0 Å². The number of alkyl halides is 3. The second kappa shape index (κ2) is 3.90. The van der Waals surface area contributed by atoms with E-state index in [1.807, 2.05) is 0 Å². The minimum Gasteiger partial charge on any atom is -0.302 e. The van der Waals surface area contributed by atoms with Crippen LogP contribution in [0.5, 0.6) is 0 Å². The number of allylic oxidation sites excluding steroid dienone is 2. The zero-order valence-corrected chi connectivity index (χ0v) is 9.02. The summed E-state index contributed by atoms with van der Waals surface area (Å²) in [5, 5.41) is 0. The molecular formula is C12H15F3O. The van der Waals surface area contributed by atoms with E-state index in [-0.39, 0.29) is 6.42 Å². The number of carbonyl (C=O) groups excluding carboxylic acids is 1. The summed E-state index contributed by atoms with van der Waals surface area (Å²) in [7, 11) is 0. The van der Waals surface area contributed by atoms with Gasteiger partial charge in [0.15, 0.2) is 0 Å². The first-order chi connectivity index (χ1) is 7.48. The molecular weight excluding hydrogens is 217 g/mol. The van der Waals surface area contributed by atoms with Crippen molar-refractivity contribution in [1.29, 1.82) is 0 Å². The Morgan fingerprint density at radius 2 is 2.00 bits per heavy atom. The van der Waals surface area contributed by atoms with Crippen molar-refractivity contribution >= 4 is 6.29 Å². The van der Waals surface area contributed by atoms with Gasteiger partial charge in [-0.1, -0.05) is 18.1 Å². The molecule has 2 aliphatic carbocycles. The van der Waals surface area contributed by atoms with Crippen LogP contribution in [0.1, 0.15) is 38.5 Å². The maximum atomic E-state index is 12.6. The van der Waals surface area contributed by atoms with Gasteiger partial charge in [-0.2, -0.15) is 13.2 Å². The van der Waals surface area contributed by atoms with E-state index in [2.05, 4.69) is 0 Å². The van der Waals surface area contributed by atoms with Crippen molar-refractivity contribution in [3.8, 4) is 0 Å². The molecule has 0 saturated heterocycles. The van der Waals surface area contributed by atoms with Crippen molar-refractivity contribution < 1.29 is 18.0 Å². The zero-order valence-electron chi connectivity index (χ0n) is 9.02. The van der Waals surface area contributed by atoms with Gasteiger partial charge in [0.1, 0.15) is 6.29 Å². The quantitative estimate of drug-likeness (QED) is 0.524. The van der Waals surface area contributed by atoms with Crippen LogP contribution in [0.3, 0.4) is 0 Å². The van der Waals surface area contributed by atoms with Crippen molar-refractivity contribution in [2.45, 2.75) is 44.7 Å². The van der Waals surface area contributed by atoms with Crippen LogP contribution in [0.25, 0.3) is 0 Å². The Bertz CT molecular complexity index is 313. The SMILES string of the molecule is O=CC1(C2=CC(C(F)(F)F)CCC2)CCC1. The lowest BCUT2D eigenvalue weighted by molar-refractivity contribution is -0.164. The minimum atomic E-state index is -4.15. The van der Waals surface area contributed by atoms with Gasteiger partial charge in [0.25, 0.3) is 0 Å². The maximum Gasteiger partial charge on any atom is 0.395 e. The topological polar surface area (TPSA) is 17.1 Å². The van der Waals surface area contributed by atoms with Crippen molar-refractivity contribution in [1.82, 2.24) is 0 Å². The molecule has 0 radical (unpaired) electrons. The van der Waals surface area contributed by atoms with Gasteiger partial charge in [-0.05, 0) is 32.1 Å². The predicted molar refractivity (Wildman–Crippen MR) is 53.8 cm³/mol. The van der Waals surface area contributed by atoms with E-state index in [1.165, 1.54) is 6.08 Å². The highest BCUT2D eigenvalue weighted by atomic mass is 19.4. The standard InChI is InChI=1S/C12H15F3O/c13-12(14,15)10-4-1-3-9(7-10)11(8-16)5-2-6-11/h7-8,10H,1-6H2. The Morgan fingerprint density at radius 3 is 2.44 bits per heavy atom. The number of hydrogen-bond acceptors (Lipinski definition) is 1. The van der Waals surface area contributed by atoms with Gasteiger partial charge in [0.2, 0.25) is 0 Å². The minimum absolute atomic E-state index is 0.169. The van der Waals surface area contributed by atoms with E-state index in [1.54, 1.807) is 0 Å². The predicted octanol–water partition coefficient (Wildman–Crippen LogP) is 3.64. The Balaban J connectivity index is 2.21. The number of hydrogen-bond donors (Lipinski definition) is 0. The van der Waals surface area contributed by atoms with Crippen LogP contribution in [0.2, 0.25) is 0 Å². The van der Waals surface area contributed by atoms with E-state index in [9.17, 15) is 18.0 Å². The van der Waals surface area contributed by atoms with Crippen molar-refractivity contribution in [2.75, 3.05) is 0 Å². The van der Waals surface area contributed by atoms with Gasteiger partial charge < -0.3 is 4.79 Å². The highest BCUT2D eigenvalue weighted by molar-refractivity contribution is 5.67. The largest absolute Gasteiger partial charge is 0.395 e.